The summed E-state index contributed by atoms with van der Waals surface area (Å²) in [6.45, 7) is 0. The highest BCUT2D eigenvalue weighted by molar-refractivity contribution is 5.83. The highest BCUT2D eigenvalue weighted by Crippen LogP contribution is 2.24. The highest BCUT2D eigenvalue weighted by atomic mass is 15.5. The Hall–Kier alpha value is -1.13. The molecule has 0 bridgehead atoms. The van der Waals surface area contributed by atoms with Crippen LogP contribution in [0.1, 0.15) is 25.7 Å². The first-order valence-electron chi connectivity index (χ1n) is 5.47. The van der Waals surface area contributed by atoms with Gasteiger partial charge in [-0.2, -0.15) is 0 Å². The van der Waals surface area contributed by atoms with Crippen LogP contribution in [-0.2, 0) is 0 Å². The van der Waals surface area contributed by atoms with Crippen molar-refractivity contribution < 1.29 is 0 Å². The topological polar surface area (TPSA) is 67.6 Å². The maximum Gasteiger partial charge on any atom is 0.133 e. The molecule has 2 aliphatic rings. The molecule has 1 heterocycles. The molecule has 1 saturated carbocycles. The summed E-state index contributed by atoms with van der Waals surface area (Å²) in [5.41, 5.74) is 6.33. The van der Waals surface area contributed by atoms with Crippen molar-refractivity contribution in [2.75, 3.05) is 0 Å². The van der Waals surface area contributed by atoms with Crippen LogP contribution >= 0.6 is 0 Å². The molecule has 0 spiro atoms. The molecule has 0 amide bonds. The Balaban J connectivity index is 1.97. The van der Waals surface area contributed by atoms with E-state index in [-0.39, 0.29) is 6.17 Å². The van der Waals surface area contributed by atoms with Crippen molar-refractivity contribution in [3.63, 3.8) is 0 Å². The number of hydrogen-bond donors (Lipinski definition) is 2. The van der Waals surface area contributed by atoms with Crippen LogP contribution in [0.25, 0.3) is 0 Å². The number of dihydropyridines is 1. The van der Waals surface area contributed by atoms with E-state index in [0.717, 1.165) is 5.57 Å². The van der Waals surface area contributed by atoms with Gasteiger partial charge >= 0.3 is 0 Å². The van der Waals surface area contributed by atoms with E-state index in [9.17, 15) is 0 Å². The average molecular weight is 206 g/mol. The van der Waals surface area contributed by atoms with Gasteiger partial charge in [-0.15, -0.1) is 0 Å². The lowest BCUT2D eigenvalue weighted by atomic mass is 10.2. The molecule has 82 valence electrons. The molecule has 2 rings (SSSR count). The maximum atomic E-state index is 6.06. The first kappa shape index (κ1) is 10.4. The third-order valence-electron chi connectivity index (χ3n) is 3.08. The van der Waals surface area contributed by atoms with E-state index >= 15 is 0 Å². The molecule has 0 radical (unpaired) electrons. The van der Waals surface area contributed by atoms with Gasteiger partial charge in [-0.1, -0.05) is 18.9 Å². The molecule has 0 saturated heterocycles. The van der Waals surface area contributed by atoms with Gasteiger partial charge in [0.15, 0.2) is 0 Å². The van der Waals surface area contributed by atoms with Gasteiger partial charge in [-0.3, -0.25) is 10.8 Å². The molecule has 1 atom stereocenters. The summed E-state index contributed by atoms with van der Waals surface area (Å²) in [5, 5.41) is 1.87. The van der Waals surface area contributed by atoms with Crippen LogP contribution in [0.5, 0.6) is 0 Å². The Kier molecular flexibility index (Phi) is 3.18. The van der Waals surface area contributed by atoms with Crippen LogP contribution in [0.4, 0.5) is 0 Å². The minimum atomic E-state index is -0.0169. The second kappa shape index (κ2) is 4.59. The summed E-state index contributed by atoms with van der Waals surface area (Å²) >= 11 is 0. The largest absolute Gasteiger partial charge is 0.404 e. The number of nitrogens with zero attached hydrogens (tertiary/aromatic N) is 2. The smallest absolute Gasteiger partial charge is 0.133 e. The van der Waals surface area contributed by atoms with Crippen LogP contribution < -0.4 is 11.6 Å². The Labute approximate surface area is 90.3 Å². The summed E-state index contributed by atoms with van der Waals surface area (Å²) in [7, 11) is 0. The summed E-state index contributed by atoms with van der Waals surface area (Å²) in [6, 6.07) is 0.486. The van der Waals surface area contributed by atoms with Crippen LogP contribution in [-0.4, -0.2) is 23.4 Å². The molecule has 15 heavy (non-hydrogen) atoms. The van der Waals surface area contributed by atoms with Gasteiger partial charge in [0.25, 0.3) is 0 Å². The fourth-order valence-corrected chi connectivity index (χ4v) is 2.15. The third kappa shape index (κ3) is 2.27. The number of hydrazine groups is 1. The SMILES string of the molecule is NC=C1C=CC(N(N)C2CCCC2)N=C1. The van der Waals surface area contributed by atoms with E-state index in [2.05, 4.69) is 4.99 Å². The van der Waals surface area contributed by atoms with Gasteiger partial charge in [0.2, 0.25) is 0 Å². The molecule has 0 aromatic carbocycles. The summed E-state index contributed by atoms with van der Waals surface area (Å²) in [6.07, 6.45) is 12.2. The minimum Gasteiger partial charge on any atom is -0.404 e. The Morgan fingerprint density at radius 1 is 1.40 bits per heavy atom. The average Bonchev–Trinajstić information content (AvgIpc) is 2.82. The Bertz CT molecular complexity index is 284. The number of allylic oxidation sites excluding steroid dienone is 2. The second-order valence-corrected chi connectivity index (χ2v) is 4.10. The zero-order valence-corrected chi connectivity index (χ0v) is 8.84. The predicted octanol–water partition coefficient (Wildman–Crippen LogP) is 0.914. The molecule has 4 heteroatoms. The van der Waals surface area contributed by atoms with Crippen LogP contribution in [0, 0.1) is 0 Å². The van der Waals surface area contributed by atoms with Gasteiger partial charge < -0.3 is 5.73 Å². The van der Waals surface area contributed by atoms with Gasteiger partial charge in [0.1, 0.15) is 6.17 Å². The van der Waals surface area contributed by atoms with E-state index in [4.69, 9.17) is 11.6 Å². The second-order valence-electron chi connectivity index (χ2n) is 4.10. The Morgan fingerprint density at radius 2 is 2.13 bits per heavy atom. The normalized spacial score (nSPS) is 29.5. The van der Waals surface area contributed by atoms with Crippen molar-refractivity contribution in [3.8, 4) is 0 Å². The maximum absolute atomic E-state index is 6.06. The molecule has 0 aromatic rings. The molecule has 4 N–H and O–H groups in total. The molecule has 1 aliphatic heterocycles. The standard InChI is InChI=1S/C11H18N4/c12-7-9-5-6-11(14-8-9)15(13)10-3-1-2-4-10/h5-8,10-11H,1-4,12-13H2. The first-order chi connectivity index (χ1) is 7.31. The summed E-state index contributed by atoms with van der Waals surface area (Å²) < 4.78 is 0. The fourth-order valence-electron chi connectivity index (χ4n) is 2.15. The lowest BCUT2D eigenvalue weighted by Gasteiger charge is -2.28. The van der Waals surface area contributed by atoms with E-state index in [1.54, 1.807) is 12.4 Å². The van der Waals surface area contributed by atoms with Gasteiger partial charge in [-0.25, -0.2) is 5.01 Å². The monoisotopic (exact) mass is 206 g/mol. The van der Waals surface area contributed by atoms with Gasteiger partial charge in [-0.05, 0) is 18.9 Å². The summed E-state index contributed by atoms with van der Waals surface area (Å²) in [4.78, 5) is 4.37. The van der Waals surface area contributed by atoms with Crippen molar-refractivity contribution >= 4 is 6.21 Å². The number of rotatable bonds is 2. The molecule has 4 nitrogen and oxygen atoms in total. The third-order valence-corrected chi connectivity index (χ3v) is 3.08. The Morgan fingerprint density at radius 3 is 2.67 bits per heavy atom. The molecule has 1 fully saturated rings. The number of nitrogens with two attached hydrogens (primary N) is 2. The zero-order valence-electron chi connectivity index (χ0n) is 8.84. The van der Waals surface area contributed by atoms with Crippen LogP contribution in [0.3, 0.4) is 0 Å². The zero-order chi connectivity index (χ0) is 10.7. The van der Waals surface area contributed by atoms with E-state index in [1.807, 2.05) is 17.2 Å². The summed E-state index contributed by atoms with van der Waals surface area (Å²) in [5.74, 6) is 6.06. The van der Waals surface area contributed by atoms with Gasteiger partial charge in [0.05, 0.1) is 0 Å². The molecular formula is C11H18N4. The molecule has 1 aliphatic carbocycles. The van der Waals surface area contributed by atoms with Crippen molar-refractivity contribution in [1.29, 1.82) is 0 Å². The van der Waals surface area contributed by atoms with Crippen molar-refractivity contribution in [1.82, 2.24) is 5.01 Å². The molecule has 1 unspecified atom stereocenters. The minimum absolute atomic E-state index is 0.0169. The van der Waals surface area contributed by atoms with Gasteiger partial charge in [0, 0.05) is 24.0 Å². The fraction of sp³-hybridized carbons (Fsp3) is 0.545. The molecule has 0 aromatic heterocycles. The highest BCUT2D eigenvalue weighted by Gasteiger charge is 2.25. The van der Waals surface area contributed by atoms with E-state index < -0.39 is 0 Å². The van der Waals surface area contributed by atoms with Crippen molar-refractivity contribution in [2.24, 2.45) is 16.6 Å². The lowest BCUT2D eigenvalue weighted by Crippen LogP contribution is -2.46. The number of aliphatic imine (C=N–C) groups is 1. The predicted molar refractivity (Wildman–Crippen MR) is 62.0 cm³/mol. The van der Waals surface area contributed by atoms with Crippen molar-refractivity contribution in [2.45, 2.75) is 37.9 Å². The van der Waals surface area contributed by atoms with Crippen molar-refractivity contribution in [3.05, 3.63) is 23.9 Å². The lowest BCUT2D eigenvalue weighted by molar-refractivity contribution is 0.169. The first-order valence-corrected chi connectivity index (χ1v) is 5.47. The quantitative estimate of drug-likeness (QED) is 0.521. The number of hydrogen-bond acceptors (Lipinski definition) is 4. The van der Waals surface area contributed by atoms with Crippen LogP contribution in [0.2, 0.25) is 0 Å². The van der Waals surface area contributed by atoms with E-state index in [1.165, 1.54) is 25.7 Å². The van der Waals surface area contributed by atoms with Crippen LogP contribution in [0.15, 0.2) is 28.9 Å². The molecular weight excluding hydrogens is 188 g/mol. The van der Waals surface area contributed by atoms with E-state index in [0.29, 0.717) is 6.04 Å².